The first kappa shape index (κ1) is 14.7. The van der Waals surface area contributed by atoms with Crippen molar-refractivity contribution >= 4 is 16.7 Å². The molecule has 6 rings (SSSR count). The normalized spacial score (nSPS) is 35.5. The van der Waals surface area contributed by atoms with Crippen LogP contribution in [0.15, 0.2) is 30.5 Å². The van der Waals surface area contributed by atoms with E-state index in [0.29, 0.717) is 6.04 Å². The van der Waals surface area contributed by atoms with Crippen molar-refractivity contribution < 1.29 is 10.1 Å². The SMILES string of the molecule is C[C@@H]([NH2+]C1C2CC3CC(C2)CC1C3)C(=O)c1c[nH]c2ccccc12. The number of fused-ring (bicyclic) bond motifs is 1. The number of aromatic amines is 1. The number of quaternary nitrogens is 1. The molecule has 4 fully saturated rings. The van der Waals surface area contributed by atoms with Crippen LogP contribution in [0.25, 0.3) is 10.9 Å². The molecule has 1 heterocycles. The predicted octanol–water partition coefficient (Wildman–Crippen LogP) is 3.13. The van der Waals surface area contributed by atoms with Crippen molar-refractivity contribution in [3.05, 3.63) is 36.0 Å². The van der Waals surface area contributed by atoms with Crippen LogP contribution in [0.2, 0.25) is 0 Å². The van der Waals surface area contributed by atoms with Gasteiger partial charge in [0.1, 0.15) is 6.04 Å². The summed E-state index contributed by atoms with van der Waals surface area (Å²) in [5, 5.41) is 3.49. The standard InChI is InChI=1S/C21H26N2O/c1-12(21(24)18-11-22-19-5-3-2-4-17(18)19)23-20-15-7-13-6-14(9-15)10-16(20)8-13/h2-5,11-16,20,22-23H,6-10H2,1H3/p+1/t12-,13?,14?,15?,16?,20?/m1/s1. The molecule has 24 heavy (non-hydrogen) atoms. The van der Waals surface area contributed by atoms with Gasteiger partial charge in [0, 0.05) is 34.5 Å². The van der Waals surface area contributed by atoms with Gasteiger partial charge in [0.25, 0.3) is 0 Å². The Balaban J connectivity index is 1.35. The lowest BCUT2D eigenvalue weighted by molar-refractivity contribution is -0.724. The third-order valence-corrected chi connectivity index (χ3v) is 7.08. The maximum Gasteiger partial charge on any atom is 0.221 e. The van der Waals surface area contributed by atoms with Gasteiger partial charge in [-0.2, -0.15) is 0 Å². The molecular formula is C21H27N2O+. The molecule has 1 aromatic carbocycles. The summed E-state index contributed by atoms with van der Waals surface area (Å²) in [5.74, 6) is 3.99. The molecule has 0 aliphatic heterocycles. The number of hydrogen-bond donors (Lipinski definition) is 2. The molecule has 4 saturated carbocycles. The van der Waals surface area contributed by atoms with Crippen LogP contribution in [-0.4, -0.2) is 22.9 Å². The summed E-state index contributed by atoms with van der Waals surface area (Å²) < 4.78 is 0. The Morgan fingerprint density at radius 1 is 1.08 bits per heavy atom. The molecule has 0 radical (unpaired) electrons. The van der Waals surface area contributed by atoms with Crippen molar-refractivity contribution in [2.45, 2.75) is 51.1 Å². The van der Waals surface area contributed by atoms with Gasteiger partial charge in [0.05, 0.1) is 6.04 Å². The summed E-state index contributed by atoms with van der Waals surface area (Å²) in [7, 11) is 0. The number of carbonyl (C=O) groups is 1. The van der Waals surface area contributed by atoms with E-state index in [1.165, 1.54) is 32.1 Å². The highest BCUT2D eigenvalue weighted by atomic mass is 16.1. The molecule has 0 amide bonds. The van der Waals surface area contributed by atoms with E-state index in [2.05, 4.69) is 23.3 Å². The van der Waals surface area contributed by atoms with Crippen LogP contribution in [0.5, 0.6) is 0 Å². The van der Waals surface area contributed by atoms with E-state index in [9.17, 15) is 4.79 Å². The molecule has 3 N–H and O–H groups in total. The fourth-order valence-electron chi connectivity index (χ4n) is 6.22. The first-order valence-electron chi connectivity index (χ1n) is 9.64. The number of ketones is 1. The van der Waals surface area contributed by atoms with E-state index in [-0.39, 0.29) is 11.8 Å². The molecule has 2 aromatic rings. The van der Waals surface area contributed by atoms with E-state index in [4.69, 9.17) is 0 Å². The molecule has 0 saturated heterocycles. The maximum absolute atomic E-state index is 13.0. The molecule has 126 valence electrons. The van der Waals surface area contributed by atoms with Crippen molar-refractivity contribution in [2.75, 3.05) is 0 Å². The summed E-state index contributed by atoms with van der Waals surface area (Å²) >= 11 is 0. The second-order valence-electron chi connectivity index (χ2n) is 8.60. The van der Waals surface area contributed by atoms with Crippen molar-refractivity contribution in [1.29, 1.82) is 0 Å². The second kappa shape index (κ2) is 5.45. The third-order valence-electron chi connectivity index (χ3n) is 7.08. The minimum absolute atomic E-state index is 0.0201. The average molecular weight is 323 g/mol. The summed E-state index contributed by atoms with van der Waals surface area (Å²) in [6.45, 7) is 2.11. The largest absolute Gasteiger partial charge is 0.360 e. The minimum Gasteiger partial charge on any atom is -0.360 e. The van der Waals surface area contributed by atoms with Gasteiger partial charge in [0.2, 0.25) is 5.78 Å². The summed E-state index contributed by atoms with van der Waals surface area (Å²) in [5.41, 5.74) is 1.92. The van der Waals surface area contributed by atoms with Crippen molar-refractivity contribution in [2.24, 2.45) is 23.7 Å². The number of rotatable bonds is 4. The van der Waals surface area contributed by atoms with Gasteiger partial charge in [-0.1, -0.05) is 18.2 Å². The van der Waals surface area contributed by atoms with Crippen LogP contribution in [-0.2, 0) is 0 Å². The molecule has 4 aliphatic rings. The Labute approximate surface area is 143 Å². The zero-order valence-electron chi connectivity index (χ0n) is 14.4. The summed E-state index contributed by atoms with van der Waals surface area (Å²) in [6.07, 6.45) is 9.06. The molecule has 0 spiro atoms. The number of hydrogen-bond acceptors (Lipinski definition) is 1. The van der Waals surface area contributed by atoms with Crippen LogP contribution in [0.3, 0.4) is 0 Å². The van der Waals surface area contributed by atoms with E-state index >= 15 is 0 Å². The predicted molar refractivity (Wildman–Crippen MR) is 94.8 cm³/mol. The zero-order chi connectivity index (χ0) is 16.3. The number of nitrogens with two attached hydrogens (primary N) is 1. The van der Waals surface area contributed by atoms with E-state index in [0.717, 1.165) is 40.1 Å². The molecule has 1 atom stereocenters. The van der Waals surface area contributed by atoms with Gasteiger partial charge in [0.15, 0.2) is 0 Å². The molecule has 3 heteroatoms. The van der Waals surface area contributed by atoms with E-state index < -0.39 is 0 Å². The molecule has 4 aliphatic carbocycles. The summed E-state index contributed by atoms with van der Waals surface area (Å²) in [6, 6.07) is 8.82. The highest BCUT2D eigenvalue weighted by Crippen LogP contribution is 2.52. The third kappa shape index (κ3) is 2.25. The highest BCUT2D eigenvalue weighted by molar-refractivity contribution is 6.09. The minimum atomic E-state index is 0.0201. The van der Waals surface area contributed by atoms with Gasteiger partial charge < -0.3 is 10.3 Å². The number of carbonyl (C=O) groups excluding carboxylic acids is 1. The second-order valence-corrected chi connectivity index (χ2v) is 8.60. The topological polar surface area (TPSA) is 49.5 Å². The zero-order valence-corrected chi connectivity index (χ0v) is 14.4. The number of H-pyrrole nitrogens is 1. The van der Waals surface area contributed by atoms with Gasteiger partial charge in [-0.05, 0) is 56.9 Å². The Morgan fingerprint density at radius 2 is 1.75 bits per heavy atom. The number of aromatic nitrogens is 1. The lowest BCUT2D eigenvalue weighted by Crippen LogP contribution is -2.99. The lowest BCUT2D eigenvalue weighted by atomic mass is 9.54. The lowest BCUT2D eigenvalue weighted by Gasteiger charge is -2.53. The van der Waals surface area contributed by atoms with E-state index in [1.54, 1.807) is 0 Å². The number of benzene rings is 1. The van der Waals surface area contributed by atoms with Crippen LogP contribution in [0.4, 0.5) is 0 Å². The van der Waals surface area contributed by atoms with Crippen molar-refractivity contribution in [3.8, 4) is 0 Å². The fourth-order valence-corrected chi connectivity index (χ4v) is 6.22. The molecule has 4 bridgehead atoms. The Bertz CT molecular complexity index is 749. The highest BCUT2D eigenvalue weighted by Gasteiger charge is 2.50. The van der Waals surface area contributed by atoms with Crippen LogP contribution < -0.4 is 5.32 Å². The Morgan fingerprint density at radius 3 is 2.46 bits per heavy atom. The van der Waals surface area contributed by atoms with Crippen LogP contribution >= 0.6 is 0 Å². The summed E-state index contributed by atoms with van der Waals surface area (Å²) in [4.78, 5) is 16.3. The Kier molecular flexibility index (Phi) is 3.34. The first-order valence-corrected chi connectivity index (χ1v) is 9.64. The Hall–Kier alpha value is -1.61. The number of nitrogens with one attached hydrogen (secondary N) is 1. The number of Topliss-reactive ketones (excluding diaryl/α,β-unsaturated/α-hetero) is 1. The van der Waals surface area contributed by atoms with Gasteiger partial charge in [-0.3, -0.25) is 4.79 Å². The molecular weight excluding hydrogens is 296 g/mol. The van der Waals surface area contributed by atoms with Crippen LogP contribution in [0, 0.1) is 23.7 Å². The molecule has 0 unspecified atom stereocenters. The smallest absolute Gasteiger partial charge is 0.221 e. The number of para-hydroxylation sites is 1. The van der Waals surface area contributed by atoms with Gasteiger partial charge in [-0.15, -0.1) is 0 Å². The fraction of sp³-hybridized carbons (Fsp3) is 0.571. The molecule has 1 aromatic heterocycles. The maximum atomic E-state index is 13.0. The van der Waals surface area contributed by atoms with Crippen LogP contribution in [0.1, 0.15) is 49.4 Å². The van der Waals surface area contributed by atoms with Gasteiger partial charge in [-0.25, -0.2) is 0 Å². The molecule has 3 nitrogen and oxygen atoms in total. The van der Waals surface area contributed by atoms with E-state index in [1.807, 2.05) is 24.4 Å². The van der Waals surface area contributed by atoms with Crippen molar-refractivity contribution in [3.63, 3.8) is 0 Å². The monoisotopic (exact) mass is 323 g/mol. The average Bonchev–Trinajstić information content (AvgIpc) is 3.00. The quantitative estimate of drug-likeness (QED) is 0.835. The van der Waals surface area contributed by atoms with Gasteiger partial charge >= 0.3 is 0 Å². The van der Waals surface area contributed by atoms with Crippen molar-refractivity contribution in [1.82, 2.24) is 4.98 Å². The first-order chi connectivity index (χ1) is 11.7.